The average molecular weight is 271 g/mol. The number of nitrogens with one attached hydrogen (secondary N) is 1. The van der Waals surface area contributed by atoms with E-state index < -0.39 is 0 Å². The highest BCUT2D eigenvalue weighted by Crippen LogP contribution is 2.31. The van der Waals surface area contributed by atoms with Gasteiger partial charge in [-0.2, -0.15) is 0 Å². The summed E-state index contributed by atoms with van der Waals surface area (Å²) in [6, 6.07) is 15.7. The first-order valence-electron chi connectivity index (χ1n) is 6.95. The van der Waals surface area contributed by atoms with Gasteiger partial charge in [-0.1, -0.05) is 43.3 Å². The molecule has 3 heteroatoms. The fourth-order valence-electron chi connectivity index (χ4n) is 2.20. The molecule has 2 aromatic carbocycles. The lowest BCUT2D eigenvalue weighted by atomic mass is 10.1. The number of ether oxygens (including phenoxy) is 1. The van der Waals surface area contributed by atoms with Crippen molar-refractivity contribution in [2.75, 3.05) is 6.54 Å². The summed E-state index contributed by atoms with van der Waals surface area (Å²) in [5.41, 5.74) is 1.90. The topological polar surface area (TPSA) is 41.5 Å². The van der Waals surface area contributed by atoms with Gasteiger partial charge in [-0.25, -0.2) is 0 Å². The molecule has 0 fully saturated rings. The fraction of sp³-hybridized carbons (Fsp3) is 0.294. The van der Waals surface area contributed by atoms with E-state index in [1.807, 2.05) is 42.5 Å². The Hall–Kier alpha value is -1.84. The van der Waals surface area contributed by atoms with E-state index in [-0.39, 0.29) is 12.6 Å². The summed E-state index contributed by atoms with van der Waals surface area (Å²) in [6.45, 7) is 5.08. The minimum absolute atomic E-state index is 0.0267. The molecular formula is C17H21NO2. The van der Waals surface area contributed by atoms with Gasteiger partial charge in [0.05, 0.1) is 6.61 Å². The van der Waals surface area contributed by atoms with Crippen LogP contribution in [0.15, 0.2) is 48.5 Å². The minimum Gasteiger partial charge on any atom is -0.457 e. The zero-order chi connectivity index (χ0) is 14.4. The van der Waals surface area contributed by atoms with E-state index in [1.54, 1.807) is 0 Å². The van der Waals surface area contributed by atoms with Crippen molar-refractivity contribution in [2.24, 2.45) is 0 Å². The maximum Gasteiger partial charge on any atom is 0.132 e. The average Bonchev–Trinajstić information content (AvgIpc) is 2.48. The van der Waals surface area contributed by atoms with Gasteiger partial charge in [-0.15, -0.1) is 0 Å². The molecular weight excluding hydrogens is 250 g/mol. The standard InChI is InChI=1S/C17H21NO2/c1-3-18-13(2)15-9-5-7-11-17(15)20-16-10-6-4-8-14(16)12-19/h4-11,13,18-19H,3,12H2,1-2H3. The molecule has 0 aliphatic rings. The highest BCUT2D eigenvalue weighted by Gasteiger charge is 2.12. The Bertz CT molecular complexity index is 554. The largest absolute Gasteiger partial charge is 0.457 e. The van der Waals surface area contributed by atoms with Crippen LogP contribution in [0.25, 0.3) is 0 Å². The van der Waals surface area contributed by atoms with Gasteiger partial charge in [-0.3, -0.25) is 0 Å². The molecule has 0 aliphatic carbocycles. The first-order valence-corrected chi connectivity index (χ1v) is 6.95. The van der Waals surface area contributed by atoms with Gasteiger partial charge in [0.15, 0.2) is 0 Å². The predicted molar refractivity (Wildman–Crippen MR) is 81.0 cm³/mol. The first kappa shape index (κ1) is 14.6. The molecule has 0 saturated heterocycles. The van der Waals surface area contributed by atoms with E-state index in [0.717, 1.165) is 23.4 Å². The fourth-order valence-corrected chi connectivity index (χ4v) is 2.20. The SMILES string of the molecule is CCNC(C)c1ccccc1Oc1ccccc1CO. The molecule has 1 unspecified atom stereocenters. The second-order valence-electron chi connectivity index (χ2n) is 4.69. The predicted octanol–water partition coefficient (Wildman–Crippen LogP) is 3.64. The van der Waals surface area contributed by atoms with Crippen molar-refractivity contribution in [3.63, 3.8) is 0 Å². The highest BCUT2D eigenvalue weighted by atomic mass is 16.5. The molecule has 0 bridgehead atoms. The molecule has 2 aromatic rings. The number of hydrogen-bond acceptors (Lipinski definition) is 3. The Labute approximate surface area is 120 Å². The van der Waals surface area contributed by atoms with Gasteiger partial charge >= 0.3 is 0 Å². The third kappa shape index (κ3) is 3.38. The van der Waals surface area contributed by atoms with Crippen molar-refractivity contribution in [3.8, 4) is 11.5 Å². The van der Waals surface area contributed by atoms with Crippen LogP contribution >= 0.6 is 0 Å². The lowest BCUT2D eigenvalue weighted by molar-refractivity contribution is 0.276. The van der Waals surface area contributed by atoms with Gasteiger partial charge in [-0.05, 0) is 25.6 Å². The number of para-hydroxylation sites is 2. The molecule has 0 aromatic heterocycles. The summed E-state index contributed by atoms with van der Waals surface area (Å²) in [6.07, 6.45) is 0. The Morgan fingerprint density at radius 1 is 1.05 bits per heavy atom. The minimum atomic E-state index is -0.0267. The summed E-state index contributed by atoms with van der Waals surface area (Å²) in [7, 11) is 0. The Morgan fingerprint density at radius 2 is 1.70 bits per heavy atom. The Kier molecular flexibility index (Phi) is 5.16. The van der Waals surface area contributed by atoms with Crippen LogP contribution < -0.4 is 10.1 Å². The number of hydrogen-bond donors (Lipinski definition) is 2. The van der Waals surface area contributed by atoms with E-state index in [0.29, 0.717) is 5.75 Å². The van der Waals surface area contributed by atoms with Crippen LogP contribution in [0.2, 0.25) is 0 Å². The maximum atomic E-state index is 9.37. The number of aliphatic hydroxyl groups excluding tert-OH is 1. The zero-order valence-corrected chi connectivity index (χ0v) is 12.0. The third-order valence-electron chi connectivity index (χ3n) is 3.26. The zero-order valence-electron chi connectivity index (χ0n) is 12.0. The van der Waals surface area contributed by atoms with Crippen LogP contribution in [0.4, 0.5) is 0 Å². The van der Waals surface area contributed by atoms with Crippen LogP contribution in [0.3, 0.4) is 0 Å². The van der Waals surface area contributed by atoms with Crippen molar-refractivity contribution < 1.29 is 9.84 Å². The van der Waals surface area contributed by atoms with Gasteiger partial charge in [0.25, 0.3) is 0 Å². The molecule has 0 aliphatic heterocycles. The third-order valence-corrected chi connectivity index (χ3v) is 3.26. The van der Waals surface area contributed by atoms with Gasteiger partial charge < -0.3 is 15.2 Å². The maximum absolute atomic E-state index is 9.37. The quantitative estimate of drug-likeness (QED) is 0.842. The molecule has 2 rings (SSSR count). The van der Waals surface area contributed by atoms with Crippen molar-refractivity contribution >= 4 is 0 Å². The smallest absolute Gasteiger partial charge is 0.132 e. The summed E-state index contributed by atoms with van der Waals surface area (Å²) in [5, 5.41) is 12.8. The van der Waals surface area contributed by atoms with E-state index in [2.05, 4.69) is 25.2 Å². The van der Waals surface area contributed by atoms with E-state index in [1.165, 1.54) is 0 Å². The van der Waals surface area contributed by atoms with E-state index >= 15 is 0 Å². The van der Waals surface area contributed by atoms with Crippen LogP contribution in [0, 0.1) is 0 Å². The summed E-state index contributed by atoms with van der Waals surface area (Å²) >= 11 is 0. The number of aliphatic hydroxyl groups is 1. The van der Waals surface area contributed by atoms with Crippen LogP contribution in [0.1, 0.15) is 31.0 Å². The van der Waals surface area contributed by atoms with Crippen LogP contribution in [-0.4, -0.2) is 11.7 Å². The van der Waals surface area contributed by atoms with Crippen molar-refractivity contribution in [1.82, 2.24) is 5.32 Å². The van der Waals surface area contributed by atoms with E-state index in [9.17, 15) is 5.11 Å². The molecule has 1 atom stereocenters. The first-order chi connectivity index (χ1) is 9.76. The normalized spacial score (nSPS) is 12.2. The number of benzene rings is 2. The molecule has 106 valence electrons. The molecule has 0 radical (unpaired) electrons. The molecule has 2 N–H and O–H groups in total. The summed E-state index contributed by atoms with van der Waals surface area (Å²) in [4.78, 5) is 0. The Morgan fingerprint density at radius 3 is 2.40 bits per heavy atom. The monoisotopic (exact) mass is 271 g/mol. The van der Waals surface area contributed by atoms with Crippen molar-refractivity contribution in [3.05, 3.63) is 59.7 Å². The summed E-state index contributed by atoms with van der Waals surface area (Å²) < 4.78 is 6.00. The molecule has 0 amide bonds. The van der Waals surface area contributed by atoms with Crippen LogP contribution in [0.5, 0.6) is 11.5 Å². The molecule has 0 saturated carbocycles. The molecule has 3 nitrogen and oxygen atoms in total. The van der Waals surface area contributed by atoms with Crippen LogP contribution in [-0.2, 0) is 6.61 Å². The van der Waals surface area contributed by atoms with E-state index in [4.69, 9.17) is 4.74 Å². The van der Waals surface area contributed by atoms with Gasteiger partial charge in [0.1, 0.15) is 11.5 Å². The second kappa shape index (κ2) is 7.08. The Balaban J connectivity index is 2.29. The molecule has 0 heterocycles. The lowest BCUT2D eigenvalue weighted by Crippen LogP contribution is -2.18. The molecule has 0 spiro atoms. The summed E-state index contributed by atoms with van der Waals surface area (Å²) in [5.74, 6) is 1.52. The molecule has 20 heavy (non-hydrogen) atoms. The number of rotatable bonds is 6. The van der Waals surface area contributed by atoms with Gasteiger partial charge in [0.2, 0.25) is 0 Å². The van der Waals surface area contributed by atoms with Crippen molar-refractivity contribution in [1.29, 1.82) is 0 Å². The van der Waals surface area contributed by atoms with Crippen molar-refractivity contribution in [2.45, 2.75) is 26.5 Å². The van der Waals surface area contributed by atoms with Gasteiger partial charge in [0, 0.05) is 17.2 Å². The lowest BCUT2D eigenvalue weighted by Gasteiger charge is -2.18. The highest BCUT2D eigenvalue weighted by molar-refractivity contribution is 5.42. The second-order valence-corrected chi connectivity index (χ2v) is 4.69.